The van der Waals surface area contributed by atoms with Gasteiger partial charge in [0.25, 0.3) is 0 Å². The SMILES string of the molecule is COc1ccc(Cl)cc1N1CC(C(=O)Nc2cc3c(cc2Cl)OCCCO3)CC1=O. The second-order valence-electron chi connectivity index (χ2n) is 7.04. The summed E-state index contributed by atoms with van der Waals surface area (Å²) in [6, 6.07) is 8.30. The monoisotopic (exact) mass is 450 g/mol. The molecule has 1 unspecified atom stereocenters. The Labute approximate surface area is 183 Å². The first-order valence-corrected chi connectivity index (χ1v) is 10.3. The van der Waals surface area contributed by atoms with Crippen LogP contribution >= 0.6 is 23.2 Å². The number of benzene rings is 2. The zero-order valence-corrected chi connectivity index (χ0v) is 17.8. The summed E-state index contributed by atoms with van der Waals surface area (Å²) in [6.07, 6.45) is 0.838. The second-order valence-corrected chi connectivity index (χ2v) is 7.88. The van der Waals surface area contributed by atoms with Crippen molar-refractivity contribution >= 4 is 46.4 Å². The quantitative estimate of drug-likeness (QED) is 0.756. The number of nitrogens with zero attached hydrogens (tertiary/aromatic N) is 1. The number of hydrogen-bond donors (Lipinski definition) is 1. The van der Waals surface area contributed by atoms with E-state index in [-0.39, 0.29) is 24.8 Å². The summed E-state index contributed by atoms with van der Waals surface area (Å²) in [7, 11) is 1.52. The minimum Gasteiger partial charge on any atom is -0.495 e. The largest absolute Gasteiger partial charge is 0.495 e. The maximum Gasteiger partial charge on any atom is 0.229 e. The average molecular weight is 451 g/mol. The first-order chi connectivity index (χ1) is 14.5. The van der Waals surface area contributed by atoms with E-state index in [4.69, 9.17) is 37.4 Å². The standard InChI is InChI=1S/C21H20Cl2N2O5/c1-28-17-4-3-13(22)8-16(17)25-11-12(7-20(25)26)21(27)24-15-10-19-18(9-14(15)23)29-5-2-6-30-19/h3-4,8-10,12H,2,5-7,11H2,1H3,(H,24,27). The molecule has 2 heterocycles. The lowest BCUT2D eigenvalue weighted by Gasteiger charge is -2.20. The number of halogens is 2. The van der Waals surface area contributed by atoms with Crippen LogP contribution in [0.1, 0.15) is 12.8 Å². The maximum absolute atomic E-state index is 12.9. The van der Waals surface area contributed by atoms with Gasteiger partial charge in [0.15, 0.2) is 11.5 Å². The highest BCUT2D eigenvalue weighted by atomic mass is 35.5. The van der Waals surface area contributed by atoms with Crippen LogP contribution in [0.2, 0.25) is 10.0 Å². The highest BCUT2D eigenvalue weighted by Gasteiger charge is 2.36. The Balaban J connectivity index is 1.51. The van der Waals surface area contributed by atoms with Crippen molar-refractivity contribution in [2.24, 2.45) is 5.92 Å². The smallest absolute Gasteiger partial charge is 0.229 e. The molecule has 30 heavy (non-hydrogen) atoms. The van der Waals surface area contributed by atoms with E-state index in [1.54, 1.807) is 30.3 Å². The number of ether oxygens (including phenoxy) is 3. The fourth-order valence-electron chi connectivity index (χ4n) is 3.50. The van der Waals surface area contributed by atoms with Crippen molar-refractivity contribution in [2.45, 2.75) is 12.8 Å². The van der Waals surface area contributed by atoms with Gasteiger partial charge in [-0.05, 0) is 18.2 Å². The molecule has 1 fully saturated rings. The minimum atomic E-state index is -0.548. The first kappa shape index (κ1) is 20.6. The number of carbonyl (C=O) groups is 2. The molecule has 2 aromatic carbocycles. The van der Waals surface area contributed by atoms with Gasteiger partial charge >= 0.3 is 0 Å². The van der Waals surface area contributed by atoms with Gasteiger partial charge in [0.05, 0.1) is 42.6 Å². The lowest BCUT2D eigenvalue weighted by molar-refractivity contribution is -0.122. The molecule has 0 spiro atoms. The second kappa shape index (κ2) is 8.62. The molecule has 0 bridgehead atoms. The van der Waals surface area contributed by atoms with Gasteiger partial charge in [-0.15, -0.1) is 0 Å². The molecule has 2 aromatic rings. The summed E-state index contributed by atoms with van der Waals surface area (Å²) in [6.45, 7) is 1.28. The molecule has 1 saturated heterocycles. The summed E-state index contributed by atoms with van der Waals surface area (Å²) in [5.41, 5.74) is 0.955. The fourth-order valence-corrected chi connectivity index (χ4v) is 3.87. The van der Waals surface area contributed by atoms with E-state index in [1.807, 2.05) is 0 Å². The molecule has 0 saturated carbocycles. The maximum atomic E-state index is 12.9. The molecule has 158 valence electrons. The highest BCUT2D eigenvalue weighted by Crippen LogP contribution is 2.39. The molecule has 4 rings (SSSR count). The number of anilines is 2. The Morgan fingerprint density at radius 2 is 1.90 bits per heavy atom. The van der Waals surface area contributed by atoms with E-state index >= 15 is 0 Å². The number of fused-ring (bicyclic) bond motifs is 1. The van der Waals surface area contributed by atoms with Crippen LogP contribution < -0.4 is 24.4 Å². The summed E-state index contributed by atoms with van der Waals surface area (Å²) in [5.74, 6) is 0.558. The van der Waals surface area contributed by atoms with Gasteiger partial charge in [-0.25, -0.2) is 0 Å². The fraction of sp³-hybridized carbons (Fsp3) is 0.333. The van der Waals surface area contributed by atoms with Crippen molar-refractivity contribution in [3.05, 3.63) is 40.4 Å². The molecule has 0 radical (unpaired) electrons. The van der Waals surface area contributed by atoms with Crippen molar-refractivity contribution in [1.29, 1.82) is 0 Å². The molecule has 0 aromatic heterocycles. The minimum absolute atomic E-state index is 0.0731. The van der Waals surface area contributed by atoms with Crippen LogP contribution in [-0.4, -0.2) is 38.7 Å². The first-order valence-electron chi connectivity index (χ1n) is 9.50. The predicted octanol–water partition coefficient (Wildman–Crippen LogP) is 4.15. The van der Waals surface area contributed by atoms with Crippen LogP contribution in [0.3, 0.4) is 0 Å². The number of hydrogen-bond acceptors (Lipinski definition) is 5. The molecule has 2 aliphatic heterocycles. The Hall–Kier alpha value is -2.64. The molecule has 1 atom stereocenters. The van der Waals surface area contributed by atoms with Gasteiger partial charge in [-0.1, -0.05) is 23.2 Å². The third-order valence-electron chi connectivity index (χ3n) is 5.02. The van der Waals surface area contributed by atoms with Crippen LogP contribution in [0, 0.1) is 5.92 Å². The number of methoxy groups -OCH3 is 1. The van der Waals surface area contributed by atoms with Gasteiger partial charge < -0.3 is 24.4 Å². The molecule has 9 heteroatoms. The third-order valence-corrected chi connectivity index (χ3v) is 5.57. The van der Waals surface area contributed by atoms with Crippen molar-refractivity contribution < 1.29 is 23.8 Å². The number of carbonyl (C=O) groups excluding carboxylic acids is 2. The van der Waals surface area contributed by atoms with Crippen molar-refractivity contribution in [3.63, 3.8) is 0 Å². The molecular formula is C21H20Cl2N2O5. The predicted molar refractivity (Wildman–Crippen MR) is 114 cm³/mol. The van der Waals surface area contributed by atoms with Gasteiger partial charge in [-0.2, -0.15) is 0 Å². The lowest BCUT2D eigenvalue weighted by atomic mass is 10.1. The highest BCUT2D eigenvalue weighted by molar-refractivity contribution is 6.34. The molecule has 2 amide bonds. The molecule has 7 nitrogen and oxygen atoms in total. The Morgan fingerprint density at radius 3 is 2.63 bits per heavy atom. The number of nitrogens with one attached hydrogen (secondary N) is 1. The summed E-state index contributed by atoms with van der Waals surface area (Å²) >= 11 is 12.4. The third kappa shape index (κ3) is 4.13. The van der Waals surface area contributed by atoms with Gasteiger partial charge in [0.1, 0.15) is 5.75 Å². The number of rotatable bonds is 4. The van der Waals surface area contributed by atoms with E-state index in [0.717, 1.165) is 6.42 Å². The van der Waals surface area contributed by atoms with Crippen LogP contribution in [0.15, 0.2) is 30.3 Å². The van der Waals surface area contributed by atoms with E-state index in [9.17, 15) is 9.59 Å². The molecule has 0 aliphatic carbocycles. The number of amides is 2. The summed E-state index contributed by atoms with van der Waals surface area (Å²) < 4.78 is 16.6. The molecule has 2 aliphatic rings. The zero-order valence-electron chi connectivity index (χ0n) is 16.2. The topological polar surface area (TPSA) is 77.1 Å². The van der Waals surface area contributed by atoms with Crippen LogP contribution in [0.25, 0.3) is 0 Å². The van der Waals surface area contributed by atoms with E-state index in [2.05, 4.69) is 5.32 Å². The van der Waals surface area contributed by atoms with E-state index in [1.165, 1.54) is 12.0 Å². The summed E-state index contributed by atoms with van der Waals surface area (Å²) in [4.78, 5) is 27.0. The molecular weight excluding hydrogens is 431 g/mol. The van der Waals surface area contributed by atoms with Crippen molar-refractivity contribution in [1.82, 2.24) is 0 Å². The van der Waals surface area contributed by atoms with Crippen molar-refractivity contribution in [2.75, 3.05) is 37.1 Å². The Morgan fingerprint density at radius 1 is 1.17 bits per heavy atom. The van der Waals surface area contributed by atoms with E-state index in [0.29, 0.717) is 51.9 Å². The molecule has 1 N–H and O–H groups in total. The zero-order chi connectivity index (χ0) is 21.3. The van der Waals surface area contributed by atoms with Gasteiger partial charge in [0.2, 0.25) is 11.8 Å². The van der Waals surface area contributed by atoms with E-state index < -0.39 is 5.92 Å². The Bertz CT molecular complexity index is 998. The van der Waals surface area contributed by atoms with Gasteiger partial charge in [0, 0.05) is 36.5 Å². The van der Waals surface area contributed by atoms with Gasteiger partial charge in [-0.3, -0.25) is 9.59 Å². The average Bonchev–Trinajstić information content (AvgIpc) is 2.97. The Kier molecular flexibility index (Phi) is 5.92. The normalized spacial score (nSPS) is 18.2. The summed E-state index contributed by atoms with van der Waals surface area (Å²) in [5, 5.41) is 3.63. The van der Waals surface area contributed by atoms with Crippen molar-refractivity contribution in [3.8, 4) is 17.2 Å². The van der Waals surface area contributed by atoms with Crippen LogP contribution in [0.4, 0.5) is 11.4 Å². The van der Waals surface area contributed by atoms with Crippen LogP contribution in [-0.2, 0) is 9.59 Å². The van der Waals surface area contributed by atoms with Crippen LogP contribution in [0.5, 0.6) is 17.2 Å². The lowest BCUT2D eigenvalue weighted by Crippen LogP contribution is -2.28.